The topological polar surface area (TPSA) is 12.0 Å². The number of benzene rings is 2. The predicted molar refractivity (Wildman–Crippen MR) is 85.4 cm³/mol. The number of rotatable bonds is 5. The Bertz CT molecular complexity index is 556. The first-order valence-corrected chi connectivity index (χ1v) is 7.66. The zero-order valence-electron chi connectivity index (χ0n) is 11.7. The fourth-order valence-electron chi connectivity index (χ4n) is 2.46. The van der Waals surface area contributed by atoms with Gasteiger partial charge in [-0.05, 0) is 45.7 Å². The number of halogens is 2. The van der Waals surface area contributed by atoms with Gasteiger partial charge in [-0.1, -0.05) is 50.2 Å². The zero-order valence-corrected chi connectivity index (χ0v) is 13.3. The summed E-state index contributed by atoms with van der Waals surface area (Å²) < 4.78 is 13.9. The molecule has 3 heteroatoms. The third kappa shape index (κ3) is 3.47. The molecule has 0 aromatic heterocycles. The van der Waals surface area contributed by atoms with E-state index in [0.717, 1.165) is 12.1 Å². The van der Waals surface area contributed by atoms with Crippen LogP contribution in [0.1, 0.15) is 36.9 Å². The van der Waals surface area contributed by atoms with Gasteiger partial charge in [0.05, 0.1) is 4.47 Å². The van der Waals surface area contributed by atoms with Crippen LogP contribution in [0, 0.1) is 5.82 Å². The van der Waals surface area contributed by atoms with Gasteiger partial charge in [0.2, 0.25) is 0 Å². The Kier molecular flexibility index (Phi) is 5.32. The second-order valence-electron chi connectivity index (χ2n) is 4.91. The zero-order chi connectivity index (χ0) is 14.5. The van der Waals surface area contributed by atoms with E-state index >= 15 is 0 Å². The number of hydrogen-bond donors (Lipinski definition) is 1. The molecule has 2 rings (SSSR count). The molecule has 0 amide bonds. The summed E-state index contributed by atoms with van der Waals surface area (Å²) in [5, 5.41) is 3.50. The van der Waals surface area contributed by atoms with E-state index < -0.39 is 0 Å². The quantitative estimate of drug-likeness (QED) is 0.806. The van der Waals surface area contributed by atoms with E-state index in [1.807, 2.05) is 18.2 Å². The Balaban J connectivity index is 2.33. The summed E-state index contributed by atoms with van der Waals surface area (Å²) in [5.41, 5.74) is 2.37. The van der Waals surface area contributed by atoms with Crippen molar-refractivity contribution in [1.29, 1.82) is 0 Å². The van der Waals surface area contributed by atoms with Crippen LogP contribution < -0.4 is 5.32 Å². The van der Waals surface area contributed by atoms with Crippen LogP contribution in [0.4, 0.5) is 4.39 Å². The summed E-state index contributed by atoms with van der Waals surface area (Å²) in [7, 11) is 0. The van der Waals surface area contributed by atoms with Crippen LogP contribution in [0.2, 0.25) is 0 Å². The molecule has 2 aromatic carbocycles. The van der Waals surface area contributed by atoms with E-state index in [9.17, 15) is 4.39 Å². The maximum Gasteiger partial charge on any atom is 0.137 e. The van der Waals surface area contributed by atoms with E-state index in [4.69, 9.17) is 0 Å². The van der Waals surface area contributed by atoms with Crippen LogP contribution in [0.25, 0.3) is 0 Å². The van der Waals surface area contributed by atoms with Gasteiger partial charge < -0.3 is 5.32 Å². The largest absolute Gasteiger partial charge is 0.310 e. The molecule has 0 radical (unpaired) electrons. The van der Waals surface area contributed by atoms with Gasteiger partial charge in [-0.2, -0.15) is 0 Å². The molecule has 0 aliphatic heterocycles. The summed E-state index contributed by atoms with van der Waals surface area (Å²) in [6, 6.07) is 15.8. The van der Waals surface area contributed by atoms with E-state index in [1.54, 1.807) is 0 Å². The fourth-order valence-corrected chi connectivity index (χ4v) is 2.85. The molecule has 20 heavy (non-hydrogen) atoms. The molecule has 106 valence electrons. The van der Waals surface area contributed by atoms with Crippen LogP contribution in [0.15, 0.2) is 53.0 Å². The van der Waals surface area contributed by atoms with Crippen molar-refractivity contribution in [3.8, 4) is 0 Å². The molecule has 0 saturated heterocycles. The van der Waals surface area contributed by atoms with E-state index in [2.05, 4.69) is 59.4 Å². The molecule has 0 aliphatic carbocycles. The normalized spacial score (nSPS) is 14.0. The minimum absolute atomic E-state index is 0.166. The Morgan fingerprint density at radius 2 is 1.80 bits per heavy atom. The standard InChI is InChI=1S/C17H19BrFN/c1-3-20-17(12(2)13-7-5-4-6-8-13)14-9-10-16(19)15(18)11-14/h4-12,17,20H,3H2,1-2H3. The predicted octanol–water partition coefficient (Wildman–Crippen LogP) is 5.04. The maximum atomic E-state index is 13.4. The third-order valence-corrected chi connectivity index (χ3v) is 4.16. The van der Waals surface area contributed by atoms with E-state index in [-0.39, 0.29) is 11.9 Å². The van der Waals surface area contributed by atoms with Crippen LogP contribution in [-0.2, 0) is 0 Å². The third-order valence-electron chi connectivity index (χ3n) is 3.55. The molecular formula is C17H19BrFN. The average Bonchev–Trinajstić information content (AvgIpc) is 2.48. The van der Waals surface area contributed by atoms with Crippen molar-refractivity contribution in [3.05, 3.63) is 69.9 Å². The summed E-state index contributed by atoms with van der Waals surface area (Å²) in [4.78, 5) is 0. The number of hydrogen-bond acceptors (Lipinski definition) is 1. The number of nitrogens with one attached hydrogen (secondary N) is 1. The first-order valence-electron chi connectivity index (χ1n) is 6.86. The first-order chi connectivity index (χ1) is 9.63. The molecule has 2 aromatic rings. The summed E-state index contributed by atoms with van der Waals surface area (Å²) in [5.74, 6) is 0.0878. The van der Waals surface area contributed by atoms with Gasteiger partial charge in [0.15, 0.2) is 0 Å². The van der Waals surface area contributed by atoms with Gasteiger partial charge in [-0.15, -0.1) is 0 Å². The smallest absolute Gasteiger partial charge is 0.137 e. The second kappa shape index (κ2) is 7.00. The minimum Gasteiger partial charge on any atom is -0.310 e. The van der Waals surface area contributed by atoms with Crippen LogP contribution in [-0.4, -0.2) is 6.54 Å². The number of likely N-dealkylation sites (N-methyl/N-ethyl adjacent to an activating group) is 1. The Morgan fingerprint density at radius 1 is 1.10 bits per heavy atom. The van der Waals surface area contributed by atoms with Crippen LogP contribution in [0.5, 0.6) is 0 Å². The summed E-state index contributed by atoms with van der Waals surface area (Å²) in [6.07, 6.45) is 0. The second-order valence-corrected chi connectivity index (χ2v) is 5.76. The Hall–Kier alpha value is -1.19. The highest BCUT2D eigenvalue weighted by molar-refractivity contribution is 9.10. The van der Waals surface area contributed by atoms with E-state index in [0.29, 0.717) is 10.4 Å². The fraction of sp³-hybridized carbons (Fsp3) is 0.294. The van der Waals surface area contributed by atoms with Crippen LogP contribution in [0.3, 0.4) is 0 Å². The van der Waals surface area contributed by atoms with E-state index in [1.165, 1.54) is 11.6 Å². The van der Waals surface area contributed by atoms with Gasteiger partial charge in [0.25, 0.3) is 0 Å². The molecule has 0 aliphatic rings. The highest BCUT2D eigenvalue weighted by atomic mass is 79.9. The molecule has 0 bridgehead atoms. The van der Waals surface area contributed by atoms with Gasteiger partial charge >= 0.3 is 0 Å². The van der Waals surface area contributed by atoms with Gasteiger partial charge in [-0.25, -0.2) is 4.39 Å². The Morgan fingerprint density at radius 3 is 2.40 bits per heavy atom. The summed E-state index contributed by atoms with van der Waals surface area (Å²) >= 11 is 3.27. The lowest BCUT2D eigenvalue weighted by Crippen LogP contribution is -2.25. The molecule has 0 heterocycles. The molecule has 0 fully saturated rings. The molecule has 0 spiro atoms. The summed E-state index contributed by atoms with van der Waals surface area (Å²) in [6.45, 7) is 5.15. The Labute approximate surface area is 128 Å². The lowest BCUT2D eigenvalue weighted by atomic mass is 9.88. The van der Waals surface area contributed by atoms with Crippen molar-refractivity contribution in [1.82, 2.24) is 5.32 Å². The highest BCUT2D eigenvalue weighted by Gasteiger charge is 2.20. The lowest BCUT2D eigenvalue weighted by molar-refractivity contribution is 0.478. The van der Waals surface area contributed by atoms with Gasteiger partial charge in [0, 0.05) is 12.0 Å². The molecule has 0 saturated carbocycles. The van der Waals surface area contributed by atoms with Crippen molar-refractivity contribution >= 4 is 15.9 Å². The van der Waals surface area contributed by atoms with Gasteiger partial charge in [0.1, 0.15) is 5.82 Å². The molecule has 2 atom stereocenters. The molecular weight excluding hydrogens is 317 g/mol. The van der Waals surface area contributed by atoms with Crippen molar-refractivity contribution in [2.24, 2.45) is 0 Å². The maximum absolute atomic E-state index is 13.4. The van der Waals surface area contributed by atoms with Gasteiger partial charge in [-0.3, -0.25) is 0 Å². The average molecular weight is 336 g/mol. The monoisotopic (exact) mass is 335 g/mol. The van der Waals surface area contributed by atoms with Crippen molar-refractivity contribution < 1.29 is 4.39 Å². The van der Waals surface area contributed by atoms with Crippen molar-refractivity contribution in [2.75, 3.05) is 6.54 Å². The molecule has 1 N–H and O–H groups in total. The molecule has 1 nitrogen and oxygen atoms in total. The van der Waals surface area contributed by atoms with Crippen molar-refractivity contribution in [2.45, 2.75) is 25.8 Å². The SMILES string of the molecule is CCNC(c1ccc(F)c(Br)c1)C(C)c1ccccc1. The molecule has 2 unspecified atom stereocenters. The lowest BCUT2D eigenvalue weighted by Gasteiger charge is -2.26. The highest BCUT2D eigenvalue weighted by Crippen LogP contribution is 2.32. The van der Waals surface area contributed by atoms with Crippen molar-refractivity contribution in [3.63, 3.8) is 0 Å². The first kappa shape index (κ1) is 15.2. The minimum atomic E-state index is -0.226. The van der Waals surface area contributed by atoms with Crippen LogP contribution >= 0.6 is 15.9 Å².